The normalized spacial score (nSPS) is 26.0. The second-order valence-electron chi connectivity index (χ2n) is 1.73. The van der Waals surface area contributed by atoms with Crippen molar-refractivity contribution in [2.75, 3.05) is 6.54 Å². The highest BCUT2D eigenvalue weighted by molar-refractivity contribution is 5.58. The van der Waals surface area contributed by atoms with E-state index in [1.54, 1.807) is 6.21 Å². The molecule has 1 unspecified atom stereocenters. The molecule has 5 nitrogen and oxygen atoms in total. The van der Waals surface area contributed by atoms with Crippen molar-refractivity contribution in [3.05, 3.63) is 10.1 Å². The smallest absolute Gasteiger partial charge is 0.261 e. The van der Waals surface area contributed by atoms with Crippen LogP contribution in [0.2, 0.25) is 0 Å². The summed E-state index contributed by atoms with van der Waals surface area (Å²) in [7, 11) is 0. The molecule has 1 heterocycles. The van der Waals surface area contributed by atoms with Crippen LogP contribution < -0.4 is 5.32 Å². The van der Waals surface area contributed by atoms with E-state index < -0.39 is 11.2 Å². The monoisotopic (exact) mass is 129 g/mol. The summed E-state index contributed by atoms with van der Waals surface area (Å²) in [6.07, 6.45) is 1.45. The van der Waals surface area contributed by atoms with Crippen molar-refractivity contribution in [3.63, 3.8) is 0 Å². The van der Waals surface area contributed by atoms with Gasteiger partial charge in [0, 0.05) is 12.8 Å². The number of aliphatic imine (C=N–C) groups is 1. The molecule has 1 rings (SSSR count). The SMILES string of the molecule is O=[N+]([O-])C1N=CCCN1. The Kier molecular flexibility index (Phi) is 1.74. The molecule has 9 heavy (non-hydrogen) atoms. The van der Waals surface area contributed by atoms with Gasteiger partial charge in [-0.1, -0.05) is 0 Å². The molecule has 0 fully saturated rings. The molecule has 0 radical (unpaired) electrons. The van der Waals surface area contributed by atoms with E-state index in [0.29, 0.717) is 6.54 Å². The maximum absolute atomic E-state index is 9.98. The molecule has 5 heteroatoms. The summed E-state index contributed by atoms with van der Waals surface area (Å²) in [5, 5.41) is 12.6. The molecule has 0 spiro atoms. The lowest BCUT2D eigenvalue weighted by Gasteiger charge is -2.08. The summed E-state index contributed by atoms with van der Waals surface area (Å²) in [6, 6.07) is 0. The van der Waals surface area contributed by atoms with Gasteiger partial charge >= 0.3 is 6.29 Å². The van der Waals surface area contributed by atoms with Gasteiger partial charge in [-0.3, -0.25) is 10.1 Å². The number of nitrogens with zero attached hydrogens (tertiary/aromatic N) is 2. The van der Waals surface area contributed by atoms with Crippen LogP contribution in [0.5, 0.6) is 0 Å². The van der Waals surface area contributed by atoms with Crippen molar-refractivity contribution in [2.24, 2.45) is 4.99 Å². The minimum Gasteiger partial charge on any atom is -0.261 e. The minimum atomic E-state index is -0.904. The predicted molar refractivity (Wildman–Crippen MR) is 31.9 cm³/mol. The minimum absolute atomic E-state index is 0.449. The number of rotatable bonds is 1. The van der Waals surface area contributed by atoms with Gasteiger partial charge in [-0.2, -0.15) is 0 Å². The van der Waals surface area contributed by atoms with Crippen LogP contribution in [0.25, 0.3) is 0 Å². The molecule has 50 valence electrons. The second-order valence-corrected chi connectivity index (χ2v) is 1.73. The number of hydrogen-bond acceptors (Lipinski definition) is 4. The molecule has 1 N–H and O–H groups in total. The predicted octanol–water partition coefficient (Wildman–Crippen LogP) is -0.389. The van der Waals surface area contributed by atoms with Crippen LogP contribution in [-0.2, 0) is 0 Å². The molecule has 0 aromatic rings. The van der Waals surface area contributed by atoms with Crippen LogP contribution in [0.3, 0.4) is 0 Å². The van der Waals surface area contributed by atoms with Crippen molar-refractivity contribution >= 4 is 6.21 Å². The first-order valence-electron chi connectivity index (χ1n) is 2.69. The van der Waals surface area contributed by atoms with Gasteiger partial charge in [0.25, 0.3) is 0 Å². The molecule has 0 saturated carbocycles. The quantitative estimate of drug-likeness (QED) is 0.387. The van der Waals surface area contributed by atoms with Crippen molar-refractivity contribution in [1.29, 1.82) is 0 Å². The highest BCUT2D eigenvalue weighted by Gasteiger charge is 2.17. The van der Waals surface area contributed by atoms with E-state index in [9.17, 15) is 10.1 Å². The fraction of sp³-hybridized carbons (Fsp3) is 0.750. The van der Waals surface area contributed by atoms with Gasteiger partial charge in [-0.05, 0) is 6.42 Å². The Bertz CT molecular complexity index is 145. The topological polar surface area (TPSA) is 67.5 Å². The third-order valence-corrected chi connectivity index (χ3v) is 1.05. The van der Waals surface area contributed by atoms with E-state index >= 15 is 0 Å². The van der Waals surface area contributed by atoms with E-state index in [4.69, 9.17) is 0 Å². The molecule has 0 amide bonds. The van der Waals surface area contributed by atoms with Crippen LogP contribution in [0.4, 0.5) is 0 Å². The van der Waals surface area contributed by atoms with Crippen molar-refractivity contribution in [1.82, 2.24) is 5.32 Å². The zero-order chi connectivity index (χ0) is 6.69. The van der Waals surface area contributed by atoms with E-state index in [2.05, 4.69) is 10.3 Å². The van der Waals surface area contributed by atoms with Crippen LogP contribution in [0, 0.1) is 10.1 Å². The fourth-order valence-electron chi connectivity index (χ4n) is 0.633. The zero-order valence-corrected chi connectivity index (χ0v) is 4.78. The lowest BCUT2D eigenvalue weighted by Crippen LogP contribution is -2.38. The fourth-order valence-corrected chi connectivity index (χ4v) is 0.633. The summed E-state index contributed by atoms with van der Waals surface area (Å²) in [6.45, 7) is 0.648. The molecule has 0 saturated heterocycles. The average Bonchev–Trinajstić information content (AvgIpc) is 1.90. The van der Waals surface area contributed by atoms with Crippen molar-refractivity contribution in [3.8, 4) is 0 Å². The standard InChI is InChI=1S/C4H7N3O2/c8-7(9)4-5-2-1-3-6-4/h2,4,6H,1,3H2. The lowest BCUT2D eigenvalue weighted by atomic mass is 10.4. The number of nitrogens with one attached hydrogen (secondary N) is 1. The number of hydrogen-bond donors (Lipinski definition) is 1. The summed E-state index contributed by atoms with van der Waals surface area (Å²) >= 11 is 0. The molecule has 1 atom stereocenters. The summed E-state index contributed by atoms with van der Waals surface area (Å²) in [5.74, 6) is 0. The highest BCUT2D eigenvalue weighted by Crippen LogP contribution is 1.91. The van der Waals surface area contributed by atoms with Gasteiger partial charge < -0.3 is 0 Å². The maximum Gasteiger partial charge on any atom is 0.362 e. The lowest BCUT2D eigenvalue weighted by molar-refractivity contribution is -0.527. The molecule has 0 aromatic carbocycles. The Balaban J connectivity index is 2.50. The van der Waals surface area contributed by atoms with E-state index in [0.717, 1.165) is 6.42 Å². The van der Waals surface area contributed by atoms with Gasteiger partial charge in [0.2, 0.25) is 0 Å². The Hall–Kier alpha value is -0.970. The highest BCUT2D eigenvalue weighted by atomic mass is 16.6. The summed E-state index contributed by atoms with van der Waals surface area (Å²) in [4.78, 5) is 13.1. The van der Waals surface area contributed by atoms with E-state index in [1.807, 2.05) is 0 Å². The van der Waals surface area contributed by atoms with Crippen LogP contribution in [-0.4, -0.2) is 24.0 Å². The Labute approximate surface area is 51.9 Å². The van der Waals surface area contributed by atoms with Gasteiger partial charge in [0.1, 0.15) is 0 Å². The molecular weight excluding hydrogens is 122 g/mol. The van der Waals surface area contributed by atoms with E-state index in [-0.39, 0.29) is 0 Å². The van der Waals surface area contributed by atoms with Crippen molar-refractivity contribution < 1.29 is 4.92 Å². The molecule has 1 aliphatic heterocycles. The number of nitro groups is 1. The van der Waals surface area contributed by atoms with Gasteiger partial charge in [0.05, 0.1) is 4.92 Å². The molecule has 0 aromatic heterocycles. The third-order valence-electron chi connectivity index (χ3n) is 1.05. The first kappa shape index (κ1) is 6.15. The molecule has 1 aliphatic rings. The first-order chi connectivity index (χ1) is 4.30. The second kappa shape index (κ2) is 2.54. The zero-order valence-electron chi connectivity index (χ0n) is 4.78. The van der Waals surface area contributed by atoms with Crippen LogP contribution in [0.15, 0.2) is 4.99 Å². The van der Waals surface area contributed by atoms with Crippen molar-refractivity contribution in [2.45, 2.75) is 12.7 Å². The van der Waals surface area contributed by atoms with Gasteiger partial charge in [-0.15, -0.1) is 0 Å². The largest absolute Gasteiger partial charge is 0.362 e. The Morgan fingerprint density at radius 2 is 2.67 bits per heavy atom. The molecule has 0 bridgehead atoms. The van der Waals surface area contributed by atoms with Crippen LogP contribution >= 0.6 is 0 Å². The Morgan fingerprint density at radius 1 is 1.89 bits per heavy atom. The van der Waals surface area contributed by atoms with E-state index in [1.165, 1.54) is 0 Å². The Morgan fingerprint density at radius 3 is 3.00 bits per heavy atom. The first-order valence-corrected chi connectivity index (χ1v) is 2.69. The van der Waals surface area contributed by atoms with Gasteiger partial charge in [-0.25, -0.2) is 10.3 Å². The average molecular weight is 129 g/mol. The summed E-state index contributed by atoms with van der Waals surface area (Å²) in [5.41, 5.74) is 0. The molecular formula is C4H7N3O2. The van der Waals surface area contributed by atoms with Crippen LogP contribution in [0.1, 0.15) is 6.42 Å². The third kappa shape index (κ3) is 1.46. The summed E-state index contributed by atoms with van der Waals surface area (Å²) < 4.78 is 0. The maximum atomic E-state index is 9.98. The van der Waals surface area contributed by atoms with Gasteiger partial charge in [0.15, 0.2) is 0 Å². The molecule has 0 aliphatic carbocycles.